The van der Waals surface area contributed by atoms with Crippen LogP contribution in [0.25, 0.3) is 0 Å². The van der Waals surface area contributed by atoms with Gasteiger partial charge in [-0.2, -0.15) is 0 Å². The van der Waals surface area contributed by atoms with E-state index in [1.165, 1.54) is 23.4 Å². The predicted molar refractivity (Wildman–Crippen MR) is 70.2 cm³/mol. The maximum Gasteiger partial charge on any atom is 0.256 e. The number of hydrogen-bond donors (Lipinski definition) is 2. The summed E-state index contributed by atoms with van der Waals surface area (Å²) >= 11 is 0. The Labute approximate surface area is 116 Å². The van der Waals surface area contributed by atoms with E-state index >= 15 is 0 Å². The zero-order chi connectivity index (χ0) is 14.5. The van der Waals surface area contributed by atoms with Gasteiger partial charge in [0.05, 0.1) is 25.0 Å². The molecule has 0 aromatic carbocycles. The maximum absolute atomic E-state index is 12.4. The summed E-state index contributed by atoms with van der Waals surface area (Å²) in [6.07, 6.45) is 2.61. The van der Waals surface area contributed by atoms with Gasteiger partial charge in [-0.1, -0.05) is 0 Å². The van der Waals surface area contributed by atoms with Crippen molar-refractivity contribution in [2.75, 3.05) is 26.3 Å². The van der Waals surface area contributed by atoms with Crippen molar-refractivity contribution in [1.29, 1.82) is 0 Å². The Morgan fingerprint density at radius 1 is 1.55 bits per heavy atom. The standard InChI is InChI=1S/C13H17N3O4/c1-2-15-12(18)11-8-20-4-3-16(11)13(19)9-5-10(17)7-14-6-9/h5-7,11,17H,2-4,8H2,1H3,(H,15,18). The molecule has 7 heteroatoms. The monoisotopic (exact) mass is 279 g/mol. The molecule has 1 unspecified atom stereocenters. The minimum Gasteiger partial charge on any atom is -0.506 e. The number of pyridine rings is 1. The summed E-state index contributed by atoms with van der Waals surface area (Å²) in [5, 5.41) is 12.1. The third kappa shape index (κ3) is 3.05. The van der Waals surface area contributed by atoms with Crippen molar-refractivity contribution in [3.05, 3.63) is 24.0 Å². The van der Waals surface area contributed by atoms with E-state index < -0.39 is 6.04 Å². The van der Waals surface area contributed by atoms with Gasteiger partial charge in [0.25, 0.3) is 5.91 Å². The van der Waals surface area contributed by atoms with Crippen LogP contribution < -0.4 is 5.32 Å². The van der Waals surface area contributed by atoms with Crippen LogP contribution in [0.5, 0.6) is 5.75 Å². The van der Waals surface area contributed by atoms with Crippen molar-refractivity contribution in [1.82, 2.24) is 15.2 Å². The normalized spacial score (nSPS) is 18.6. The Kier molecular flexibility index (Phi) is 4.52. The molecule has 0 spiro atoms. The molecule has 1 aliphatic rings. The fraction of sp³-hybridized carbons (Fsp3) is 0.462. The Balaban J connectivity index is 2.19. The molecule has 2 heterocycles. The lowest BCUT2D eigenvalue weighted by Gasteiger charge is -2.34. The summed E-state index contributed by atoms with van der Waals surface area (Å²) < 4.78 is 5.27. The summed E-state index contributed by atoms with van der Waals surface area (Å²) in [5.74, 6) is -0.666. The van der Waals surface area contributed by atoms with E-state index in [4.69, 9.17) is 4.74 Å². The molecule has 2 rings (SSSR count). The van der Waals surface area contributed by atoms with Crippen molar-refractivity contribution < 1.29 is 19.4 Å². The quantitative estimate of drug-likeness (QED) is 0.797. The van der Waals surface area contributed by atoms with Crippen LogP contribution in [0.3, 0.4) is 0 Å². The second-order valence-electron chi connectivity index (χ2n) is 4.42. The average molecular weight is 279 g/mol. The molecule has 1 saturated heterocycles. The summed E-state index contributed by atoms with van der Waals surface area (Å²) in [6.45, 7) is 3.19. The molecule has 1 fully saturated rings. The molecule has 2 amide bonds. The highest BCUT2D eigenvalue weighted by Gasteiger charge is 2.33. The van der Waals surface area contributed by atoms with Gasteiger partial charge in [0.15, 0.2) is 0 Å². The largest absolute Gasteiger partial charge is 0.506 e. The van der Waals surface area contributed by atoms with E-state index in [9.17, 15) is 14.7 Å². The average Bonchev–Trinajstić information content (AvgIpc) is 2.47. The van der Waals surface area contributed by atoms with E-state index in [-0.39, 0.29) is 29.7 Å². The highest BCUT2D eigenvalue weighted by molar-refractivity contribution is 5.97. The van der Waals surface area contributed by atoms with E-state index in [1.807, 2.05) is 6.92 Å². The maximum atomic E-state index is 12.4. The van der Waals surface area contributed by atoms with Crippen LogP contribution in [0.2, 0.25) is 0 Å². The van der Waals surface area contributed by atoms with Crippen LogP contribution in [-0.2, 0) is 9.53 Å². The molecular weight excluding hydrogens is 262 g/mol. The first kappa shape index (κ1) is 14.3. The SMILES string of the molecule is CCNC(=O)C1COCCN1C(=O)c1cncc(O)c1. The summed E-state index contributed by atoms with van der Waals surface area (Å²) in [7, 11) is 0. The van der Waals surface area contributed by atoms with Crippen LogP contribution in [0.15, 0.2) is 18.5 Å². The fourth-order valence-electron chi connectivity index (χ4n) is 2.07. The van der Waals surface area contributed by atoms with Crippen LogP contribution in [0.1, 0.15) is 17.3 Å². The summed E-state index contributed by atoms with van der Waals surface area (Å²) in [4.78, 5) is 29.6. The second-order valence-corrected chi connectivity index (χ2v) is 4.42. The van der Waals surface area contributed by atoms with Gasteiger partial charge >= 0.3 is 0 Å². The van der Waals surface area contributed by atoms with Gasteiger partial charge in [-0.3, -0.25) is 14.6 Å². The topological polar surface area (TPSA) is 91.8 Å². The van der Waals surface area contributed by atoms with Gasteiger partial charge in [-0.25, -0.2) is 0 Å². The highest BCUT2D eigenvalue weighted by Crippen LogP contribution is 2.15. The number of nitrogens with zero attached hydrogens (tertiary/aromatic N) is 2. The predicted octanol–water partition coefficient (Wildman–Crippen LogP) is -0.236. The molecule has 0 radical (unpaired) electrons. The van der Waals surface area contributed by atoms with Crippen LogP contribution in [-0.4, -0.2) is 59.1 Å². The van der Waals surface area contributed by atoms with Crippen molar-refractivity contribution in [3.63, 3.8) is 0 Å². The number of morpholine rings is 1. The third-order valence-corrected chi connectivity index (χ3v) is 3.01. The number of aromatic nitrogens is 1. The molecular formula is C13H17N3O4. The lowest BCUT2D eigenvalue weighted by atomic mass is 10.1. The molecule has 1 aromatic rings. The van der Waals surface area contributed by atoms with E-state index in [1.54, 1.807) is 0 Å². The Morgan fingerprint density at radius 2 is 2.35 bits per heavy atom. The van der Waals surface area contributed by atoms with Crippen molar-refractivity contribution in [3.8, 4) is 5.75 Å². The summed E-state index contributed by atoms with van der Waals surface area (Å²) in [6, 6.07) is 0.679. The number of carbonyl (C=O) groups is 2. The van der Waals surface area contributed by atoms with Gasteiger partial charge in [0, 0.05) is 19.3 Å². The number of ether oxygens (including phenoxy) is 1. The Hall–Kier alpha value is -2.15. The van der Waals surface area contributed by atoms with Gasteiger partial charge in [0.2, 0.25) is 5.91 Å². The zero-order valence-electron chi connectivity index (χ0n) is 11.2. The molecule has 0 aliphatic carbocycles. The summed E-state index contributed by atoms with van der Waals surface area (Å²) in [5.41, 5.74) is 0.251. The third-order valence-electron chi connectivity index (χ3n) is 3.01. The number of amides is 2. The van der Waals surface area contributed by atoms with Crippen LogP contribution in [0.4, 0.5) is 0 Å². The van der Waals surface area contributed by atoms with Crippen LogP contribution >= 0.6 is 0 Å². The Morgan fingerprint density at radius 3 is 3.05 bits per heavy atom. The van der Waals surface area contributed by atoms with Crippen molar-refractivity contribution in [2.24, 2.45) is 0 Å². The molecule has 7 nitrogen and oxygen atoms in total. The molecule has 0 bridgehead atoms. The molecule has 1 atom stereocenters. The van der Waals surface area contributed by atoms with E-state index in [2.05, 4.69) is 10.3 Å². The van der Waals surface area contributed by atoms with Gasteiger partial charge in [0.1, 0.15) is 11.8 Å². The molecule has 0 saturated carbocycles. The number of likely N-dealkylation sites (N-methyl/N-ethyl adjacent to an activating group) is 1. The number of carbonyl (C=O) groups excluding carboxylic acids is 2. The fourth-order valence-corrected chi connectivity index (χ4v) is 2.07. The first-order valence-corrected chi connectivity index (χ1v) is 6.44. The molecule has 108 valence electrons. The van der Waals surface area contributed by atoms with E-state index in [0.29, 0.717) is 19.7 Å². The molecule has 1 aromatic heterocycles. The van der Waals surface area contributed by atoms with Gasteiger partial charge in [-0.05, 0) is 13.0 Å². The molecule has 2 N–H and O–H groups in total. The zero-order valence-corrected chi connectivity index (χ0v) is 11.2. The molecule has 20 heavy (non-hydrogen) atoms. The van der Waals surface area contributed by atoms with Gasteiger partial charge in [-0.15, -0.1) is 0 Å². The second kappa shape index (κ2) is 6.33. The van der Waals surface area contributed by atoms with Crippen molar-refractivity contribution >= 4 is 11.8 Å². The minimum absolute atomic E-state index is 0.0846. The smallest absolute Gasteiger partial charge is 0.256 e. The van der Waals surface area contributed by atoms with Gasteiger partial charge < -0.3 is 20.1 Å². The number of aromatic hydroxyl groups is 1. The highest BCUT2D eigenvalue weighted by atomic mass is 16.5. The van der Waals surface area contributed by atoms with Crippen molar-refractivity contribution in [2.45, 2.75) is 13.0 Å². The number of nitrogens with one attached hydrogen (secondary N) is 1. The first-order valence-electron chi connectivity index (χ1n) is 6.44. The van der Waals surface area contributed by atoms with Crippen LogP contribution in [0, 0.1) is 0 Å². The van der Waals surface area contributed by atoms with E-state index in [0.717, 1.165) is 0 Å². The lowest BCUT2D eigenvalue weighted by molar-refractivity contribution is -0.130. The number of rotatable bonds is 3. The minimum atomic E-state index is -0.654. The number of hydrogen-bond acceptors (Lipinski definition) is 5. The first-order chi connectivity index (χ1) is 9.63. The lowest BCUT2D eigenvalue weighted by Crippen LogP contribution is -2.55. The molecule has 1 aliphatic heterocycles. The Bertz CT molecular complexity index is 506.